The summed E-state index contributed by atoms with van der Waals surface area (Å²) >= 11 is 4.56. The molecule has 1 aliphatic heterocycles. The second kappa shape index (κ2) is 6.86. The van der Waals surface area contributed by atoms with Crippen molar-refractivity contribution in [1.29, 1.82) is 0 Å². The van der Waals surface area contributed by atoms with E-state index in [9.17, 15) is 9.59 Å². The minimum atomic E-state index is -0.242. The van der Waals surface area contributed by atoms with Crippen LogP contribution in [0.1, 0.15) is 22.2 Å². The van der Waals surface area contributed by atoms with Crippen molar-refractivity contribution in [3.8, 4) is 10.6 Å². The smallest absolute Gasteiger partial charge is 0.257 e. The largest absolute Gasteiger partial charge is 0.324 e. The molecule has 132 valence electrons. The van der Waals surface area contributed by atoms with E-state index in [1.54, 1.807) is 23.5 Å². The van der Waals surface area contributed by atoms with Gasteiger partial charge in [0.2, 0.25) is 5.91 Å². The molecule has 2 N–H and O–H groups in total. The van der Waals surface area contributed by atoms with Gasteiger partial charge in [-0.05, 0) is 44.2 Å². The van der Waals surface area contributed by atoms with Crippen LogP contribution in [0.4, 0.5) is 10.8 Å². The molecule has 0 saturated carbocycles. The molecule has 3 aromatic rings. The molecule has 0 aliphatic carbocycles. The van der Waals surface area contributed by atoms with E-state index in [-0.39, 0.29) is 17.1 Å². The highest BCUT2D eigenvalue weighted by Gasteiger charge is 2.24. The van der Waals surface area contributed by atoms with E-state index >= 15 is 0 Å². The molecule has 1 aromatic carbocycles. The minimum Gasteiger partial charge on any atom is -0.324 e. The van der Waals surface area contributed by atoms with Gasteiger partial charge in [-0.3, -0.25) is 14.9 Å². The Labute approximate surface area is 162 Å². The van der Waals surface area contributed by atoms with Gasteiger partial charge in [-0.1, -0.05) is 0 Å². The number of aromatic nitrogens is 1. The van der Waals surface area contributed by atoms with Crippen LogP contribution in [0.25, 0.3) is 10.6 Å². The van der Waals surface area contributed by atoms with Gasteiger partial charge in [0.1, 0.15) is 0 Å². The number of hydrogen-bond acceptors (Lipinski definition) is 6. The van der Waals surface area contributed by atoms with Crippen LogP contribution >= 0.6 is 34.4 Å². The molecular weight excluding hydrogens is 386 g/mol. The highest BCUT2D eigenvalue weighted by Crippen LogP contribution is 2.36. The van der Waals surface area contributed by atoms with E-state index in [0.717, 1.165) is 15.5 Å². The SMILES string of the molecule is Cc1ccc(-c2csc(NC(=O)c3ccc4c(c3)NC(=O)C(C)S4)n2)s1. The number of hydrogen-bond donors (Lipinski definition) is 2. The molecule has 3 heterocycles. The van der Waals surface area contributed by atoms with Crippen LogP contribution in [0.3, 0.4) is 0 Å². The summed E-state index contributed by atoms with van der Waals surface area (Å²) in [6.07, 6.45) is 0. The predicted octanol–water partition coefficient (Wildman–Crippen LogP) is 4.87. The molecule has 0 radical (unpaired) electrons. The number of amides is 2. The fourth-order valence-corrected chi connectivity index (χ4v) is 5.07. The minimum absolute atomic E-state index is 0.0455. The topological polar surface area (TPSA) is 71.1 Å². The third-order valence-corrected chi connectivity index (χ3v) is 6.85. The van der Waals surface area contributed by atoms with Crippen molar-refractivity contribution in [2.75, 3.05) is 10.6 Å². The zero-order valence-electron chi connectivity index (χ0n) is 14.0. The monoisotopic (exact) mass is 401 g/mol. The molecule has 0 saturated heterocycles. The van der Waals surface area contributed by atoms with Crippen molar-refractivity contribution in [2.45, 2.75) is 24.0 Å². The lowest BCUT2D eigenvalue weighted by Gasteiger charge is -2.21. The van der Waals surface area contributed by atoms with Crippen molar-refractivity contribution in [2.24, 2.45) is 0 Å². The fraction of sp³-hybridized carbons (Fsp3) is 0.167. The first-order valence-corrected chi connectivity index (χ1v) is 10.5. The van der Waals surface area contributed by atoms with Crippen LogP contribution in [0.5, 0.6) is 0 Å². The fourth-order valence-electron chi connectivity index (χ4n) is 2.54. The number of rotatable bonds is 3. The van der Waals surface area contributed by atoms with Crippen molar-refractivity contribution < 1.29 is 9.59 Å². The second-order valence-electron chi connectivity index (χ2n) is 5.86. The summed E-state index contributed by atoms with van der Waals surface area (Å²) in [5, 5.41) is 8.05. The number of carbonyl (C=O) groups excluding carboxylic acids is 2. The number of nitrogens with one attached hydrogen (secondary N) is 2. The number of nitrogens with zero attached hydrogens (tertiary/aromatic N) is 1. The number of fused-ring (bicyclic) bond motifs is 1. The van der Waals surface area contributed by atoms with Crippen molar-refractivity contribution >= 4 is 57.1 Å². The molecule has 26 heavy (non-hydrogen) atoms. The summed E-state index contributed by atoms with van der Waals surface area (Å²) in [7, 11) is 0. The predicted molar refractivity (Wildman–Crippen MR) is 109 cm³/mol. The number of thiophene rings is 1. The standard InChI is InChI=1S/C18H15N3O2S3/c1-9-3-5-15(25-9)13-8-24-18(20-13)21-17(23)11-4-6-14-12(7-11)19-16(22)10(2)26-14/h3-8,10H,1-2H3,(H,19,22)(H,20,21,23). The van der Waals surface area contributed by atoms with E-state index in [4.69, 9.17) is 0 Å². The van der Waals surface area contributed by atoms with E-state index in [0.29, 0.717) is 16.4 Å². The highest BCUT2D eigenvalue weighted by molar-refractivity contribution is 8.00. The third-order valence-electron chi connectivity index (χ3n) is 3.89. The number of aryl methyl sites for hydroxylation is 1. The summed E-state index contributed by atoms with van der Waals surface area (Å²) < 4.78 is 0. The van der Waals surface area contributed by atoms with Crippen LogP contribution in [0.15, 0.2) is 40.6 Å². The molecule has 2 aromatic heterocycles. The molecule has 4 rings (SSSR count). The molecule has 1 aliphatic rings. The first-order chi connectivity index (χ1) is 12.5. The first kappa shape index (κ1) is 17.3. The number of carbonyl (C=O) groups is 2. The number of anilines is 2. The van der Waals surface area contributed by atoms with Crippen molar-refractivity contribution in [3.63, 3.8) is 0 Å². The molecule has 0 bridgehead atoms. The van der Waals surface area contributed by atoms with Gasteiger partial charge in [0.05, 0.1) is 21.5 Å². The number of thioether (sulfide) groups is 1. The summed E-state index contributed by atoms with van der Waals surface area (Å²) in [5.74, 6) is -0.287. The van der Waals surface area contributed by atoms with Gasteiger partial charge >= 0.3 is 0 Å². The van der Waals surface area contributed by atoms with Crippen LogP contribution in [0.2, 0.25) is 0 Å². The molecular formula is C18H15N3O2S3. The van der Waals surface area contributed by atoms with Crippen LogP contribution in [-0.2, 0) is 4.79 Å². The second-order valence-corrected chi connectivity index (χ2v) is 9.39. The van der Waals surface area contributed by atoms with Gasteiger partial charge in [0.15, 0.2) is 5.13 Å². The average Bonchev–Trinajstić information content (AvgIpc) is 3.24. The van der Waals surface area contributed by atoms with E-state index in [1.165, 1.54) is 28.0 Å². The highest BCUT2D eigenvalue weighted by atomic mass is 32.2. The van der Waals surface area contributed by atoms with Gasteiger partial charge in [-0.25, -0.2) is 4.98 Å². The Morgan fingerprint density at radius 2 is 2.12 bits per heavy atom. The van der Waals surface area contributed by atoms with Gasteiger partial charge in [-0.2, -0.15) is 0 Å². The summed E-state index contributed by atoms with van der Waals surface area (Å²) in [6.45, 7) is 3.91. The third kappa shape index (κ3) is 3.40. The molecule has 5 nitrogen and oxygen atoms in total. The Morgan fingerprint density at radius 3 is 2.88 bits per heavy atom. The number of benzene rings is 1. The lowest BCUT2D eigenvalue weighted by molar-refractivity contribution is -0.115. The Balaban J connectivity index is 1.51. The summed E-state index contributed by atoms with van der Waals surface area (Å²) in [4.78, 5) is 32.1. The van der Waals surface area contributed by atoms with Crippen LogP contribution < -0.4 is 10.6 Å². The Kier molecular flexibility index (Phi) is 4.56. The van der Waals surface area contributed by atoms with Crippen LogP contribution in [-0.4, -0.2) is 22.0 Å². The quantitative estimate of drug-likeness (QED) is 0.657. The molecule has 1 unspecified atom stereocenters. The maximum Gasteiger partial charge on any atom is 0.257 e. The van der Waals surface area contributed by atoms with E-state index in [1.807, 2.05) is 24.4 Å². The molecule has 2 amide bonds. The maximum atomic E-state index is 12.5. The first-order valence-electron chi connectivity index (χ1n) is 7.95. The molecule has 1 atom stereocenters. The lowest BCUT2D eigenvalue weighted by Crippen LogP contribution is -2.26. The van der Waals surface area contributed by atoms with Crippen LogP contribution in [0, 0.1) is 6.92 Å². The average molecular weight is 402 g/mol. The van der Waals surface area contributed by atoms with Gasteiger partial charge in [-0.15, -0.1) is 34.4 Å². The van der Waals surface area contributed by atoms with Crippen molar-refractivity contribution in [1.82, 2.24) is 4.98 Å². The molecule has 8 heteroatoms. The van der Waals surface area contributed by atoms with Gasteiger partial charge < -0.3 is 5.32 Å². The normalized spacial score (nSPS) is 16.1. The lowest BCUT2D eigenvalue weighted by atomic mass is 10.2. The molecule has 0 fully saturated rings. The zero-order chi connectivity index (χ0) is 18.3. The Bertz CT molecular complexity index is 1010. The Hall–Kier alpha value is -2.16. The maximum absolute atomic E-state index is 12.5. The molecule has 0 spiro atoms. The van der Waals surface area contributed by atoms with Gasteiger partial charge in [0, 0.05) is 20.7 Å². The summed E-state index contributed by atoms with van der Waals surface area (Å²) in [6, 6.07) is 9.43. The Morgan fingerprint density at radius 1 is 1.27 bits per heavy atom. The van der Waals surface area contributed by atoms with E-state index in [2.05, 4.69) is 28.6 Å². The van der Waals surface area contributed by atoms with E-state index < -0.39 is 0 Å². The summed E-state index contributed by atoms with van der Waals surface area (Å²) in [5.41, 5.74) is 2.04. The van der Waals surface area contributed by atoms with Crippen molar-refractivity contribution in [3.05, 3.63) is 46.2 Å². The zero-order valence-corrected chi connectivity index (χ0v) is 16.5. The van der Waals surface area contributed by atoms with Gasteiger partial charge in [0.25, 0.3) is 5.91 Å². The number of thiazole rings is 1.